The van der Waals surface area contributed by atoms with Crippen LogP contribution in [0.5, 0.6) is 0 Å². The second-order valence-corrected chi connectivity index (χ2v) is 12.3. The summed E-state index contributed by atoms with van der Waals surface area (Å²) in [6, 6.07) is 15.8. The van der Waals surface area contributed by atoms with Crippen LogP contribution in [0.15, 0.2) is 70.2 Å². The molecule has 1 aliphatic heterocycles. The second-order valence-electron chi connectivity index (χ2n) is 12.3. The highest BCUT2D eigenvalue weighted by Crippen LogP contribution is 2.28. The first-order valence-electron chi connectivity index (χ1n) is 15.4. The zero-order valence-corrected chi connectivity index (χ0v) is 27.1. The van der Waals surface area contributed by atoms with Crippen molar-refractivity contribution in [1.29, 1.82) is 0 Å². The van der Waals surface area contributed by atoms with E-state index in [0.29, 0.717) is 46.7 Å². The lowest BCUT2D eigenvalue weighted by atomic mass is 9.86. The molecule has 6 heteroatoms. The molecule has 44 heavy (non-hydrogen) atoms. The number of aryl methyl sites for hydroxylation is 1. The van der Waals surface area contributed by atoms with E-state index >= 15 is 0 Å². The van der Waals surface area contributed by atoms with E-state index in [1.165, 1.54) is 5.56 Å². The molecular weight excluding hydrogens is 552 g/mol. The third-order valence-electron chi connectivity index (χ3n) is 7.31. The van der Waals surface area contributed by atoms with E-state index in [4.69, 9.17) is 19.0 Å². The molecule has 1 aliphatic rings. The molecule has 0 saturated carbocycles. The summed E-state index contributed by atoms with van der Waals surface area (Å²) in [6.45, 7) is 12.7. The van der Waals surface area contributed by atoms with Gasteiger partial charge >= 0.3 is 11.9 Å². The van der Waals surface area contributed by atoms with Crippen molar-refractivity contribution >= 4 is 29.0 Å². The molecule has 1 unspecified atom stereocenters. The van der Waals surface area contributed by atoms with Crippen LogP contribution in [0.2, 0.25) is 0 Å². The van der Waals surface area contributed by atoms with Crippen LogP contribution in [0.25, 0.3) is 17.0 Å². The summed E-state index contributed by atoms with van der Waals surface area (Å²) in [6.07, 6.45) is 6.84. The van der Waals surface area contributed by atoms with Gasteiger partial charge in [0.25, 0.3) is 0 Å². The van der Waals surface area contributed by atoms with E-state index in [1.807, 2.05) is 54.6 Å². The molecule has 0 amide bonds. The molecule has 0 bridgehead atoms. The van der Waals surface area contributed by atoms with Gasteiger partial charge in [0.2, 0.25) is 0 Å². The Kier molecular flexibility index (Phi) is 13.0. The van der Waals surface area contributed by atoms with Gasteiger partial charge < -0.3 is 19.0 Å². The van der Waals surface area contributed by atoms with Crippen LogP contribution in [0.4, 0.5) is 0 Å². The smallest absolute Gasteiger partial charge is 0.334 e. The van der Waals surface area contributed by atoms with Crippen molar-refractivity contribution in [3.63, 3.8) is 0 Å². The third-order valence-corrected chi connectivity index (χ3v) is 7.31. The number of esters is 2. The third kappa shape index (κ3) is 10.6. The second kappa shape index (κ2) is 16.7. The molecule has 0 radical (unpaired) electrons. The maximum absolute atomic E-state index is 12.7. The Morgan fingerprint density at radius 1 is 1.00 bits per heavy atom. The minimum absolute atomic E-state index is 0.0254. The Hall–Kier alpha value is -4.08. The van der Waals surface area contributed by atoms with E-state index in [1.54, 1.807) is 13.0 Å². The topological polar surface area (TPSA) is 86.0 Å². The van der Waals surface area contributed by atoms with Crippen molar-refractivity contribution in [2.75, 3.05) is 13.7 Å². The zero-order chi connectivity index (χ0) is 32.2. The van der Waals surface area contributed by atoms with Gasteiger partial charge in [-0.1, -0.05) is 63.3 Å². The number of allylic oxidation sites excluding steroid dienone is 1. The molecule has 0 aliphatic carbocycles. The van der Waals surface area contributed by atoms with Gasteiger partial charge in [-0.3, -0.25) is 0 Å². The van der Waals surface area contributed by atoms with Crippen LogP contribution in [0, 0.1) is 36.5 Å². The summed E-state index contributed by atoms with van der Waals surface area (Å²) in [5, 5.41) is 7.90. The lowest BCUT2D eigenvalue weighted by Gasteiger charge is -2.19. The maximum atomic E-state index is 12.7. The number of ether oxygens (including phenoxy) is 2. The summed E-state index contributed by atoms with van der Waals surface area (Å²) in [7, 11) is 1.00. The summed E-state index contributed by atoms with van der Waals surface area (Å²) in [5.74, 6) is 7.95. The number of rotatable bonds is 10. The number of hydrogen-bond donors (Lipinski definition) is 1. The van der Waals surface area contributed by atoms with E-state index in [-0.39, 0.29) is 12.6 Å². The van der Waals surface area contributed by atoms with Gasteiger partial charge in [0, 0.05) is 41.2 Å². The number of hydrogen-bond acceptors (Lipinski definition) is 6. The van der Waals surface area contributed by atoms with Crippen molar-refractivity contribution in [2.24, 2.45) is 17.8 Å². The molecule has 4 rings (SSSR count). The minimum Gasteiger partial charge on any atom is -0.458 e. The minimum atomic E-state index is -0.470. The average molecular weight is 599 g/mol. The Balaban J connectivity index is 0.00000259. The largest absolute Gasteiger partial charge is 0.458 e. The van der Waals surface area contributed by atoms with E-state index in [9.17, 15) is 9.59 Å². The molecule has 0 spiro atoms. The Bertz CT molecular complexity index is 1510. The van der Waals surface area contributed by atoms with Crippen molar-refractivity contribution in [3.8, 4) is 11.8 Å². The fourth-order valence-corrected chi connectivity index (χ4v) is 5.34. The summed E-state index contributed by atoms with van der Waals surface area (Å²) < 4.78 is 16.9. The monoisotopic (exact) mass is 598 g/mol. The van der Waals surface area contributed by atoms with E-state index in [2.05, 4.69) is 46.5 Å². The van der Waals surface area contributed by atoms with Crippen LogP contribution >= 0.6 is 0 Å². The van der Waals surface area contributed by atoms with Crippen molar-refractivity contribution < 1.29 is 28.6 Å². The van der Waals surface area contributed by atoms with Gasteiger partial charge in [0.15, 0.2) is 0 Å². The molecular formula is C38H46O6. The van der Waals surface area contributed by atoms with Gasteiger partial charge in [0.05, 0.1) is 0 Å². The fourth-order valence-electron chi connectivity index (χ4n) is 5.34. The molecule has 2 heterocycles. The Morgan fingerprint density at radius 3 is 2.30 bits per heavy atom. The van der Waals surface area contributed by atoms with Crippen molar-refractivity contribution in [2.45, 2.75) is 73.3 Å². The highest BCUT2D eigenvalue weighted by atomic mass is 16.6. The quantitative estimate of drug-likeness (QED) is 0.144. The van der Waals surface area contributed by atoms with Crippen LogP contribution < -0.4 is 0 Å². The summed E-state index contributed by atoms with van der Waals surface area (Å²) >= 11 is 0. The Morgan fingerprint density at radius 2 is 1.64 bits per heavy atom. The van der Waals surface area contributed by atoms with Gasteiger partial charge in [-0.25, -0.2) is 9.59 Å². The number of aliphatic hydroxyl groups is 1. The van der Waals surface area contributed by atoms with Crippen LogP contribution in [-0.4, -0.2) is 36.9 Å². The average Bonchev–Trinajstić information content (AvgIpc) is 3.56. The molecule has 6 nitrogen and oxygen atoms in total. The van der Waals surface area contributed by atoms with Gasteiger partial charge in [0.1, 0.15) is 24.1 Å². The molecule has 1 saturated heterocycles. The predicted molar refractivity (Wildman–Crippen MR) is 176 cm³/mol. The van der Waals surface area contributed by atoms with Crippen molar-refractivity contribution in [3.05, 3.63) is 88.2 Å². The number of carbonyl (C=O) groups is 2. The lowest BCUT2D eigenvalue weighted by Crippen LogP contribution is -2.18. The Labute approximate surface area is 262 Å². The van der Waals surface area contributed by atoms with Crippen molar-refractivity contribution in [1.82, 2.24) is 0 Å². The number of benzene rings is 2. The summed E-state index contributed by atoms with van der Waals surface area (Å²) in [5.41, 5.74) is 4.84. The highest BCUT2D eigenvalue weighted by Gasteiger charge is 2.30. The molecule has 1 N–H and O–H groups in total. The fraction of sp³-hybridized carbons (Fsp3) is 0.421. The lowest BCUT2D eigenvalue weighted by molar-refractivity contribution is -0.149. The molecule has 1 fully saturated rings. The SMILES string of the molecule is C/C(=C\c1cc2cc(C#Cc3ccc(C)cc3)ccc2o1)C(=O)OCC1C/C(=C\CC(CC(C)C)CC(C)C)C(=O)O1.CO. The molecule has 1 atom stereocenters. The summed E-state index contributed by atoms with van der Waals surface area (Å²) in [4.78, 5) is 25.1. The molecule has 1 aromatic heterocycles. The normalized spacial score (nSPS) is 15.8. The van der Waals surface area contributed by atoms with E-state index in [0.717, 1.165) is 42.9 Å². The van der Waals surface area contributed by atoms with Gasteiger partial charge in [-0.2, -0.15) is 0 Å². The maximum Gasteiger partial charge on any atom is 0.334 e. The predicted octanol–water partition coefficient (Wildman–Crippen LogP) is 8.04. The van der Waals surface area contributed by atoms with Crippen LogP contribution in [-0.2, 0) is 19.1 Å². The van der Waals surface area contributed by atoms with Crippen LogP contribution in [0.1, 0.15) is 82.8 Å². The molecule has 2 aromatic carbocycles. The molecule has 234 valence electrons. The zero-order valence-electron chi connectivity index (χ0n) is 27.1. The first-order chi connectivity index (χ1) is 21.0. The number of cyclic esters (lactones) is 1. The number of furan rings is 1. The first-order valence-corrected chi connectivity index (χ1v) is 15.4. The first kappa shape index (κ1) is 34.4. The number of fused-ring (bicyclic) bond motifs is 1. The number of aliphatic hydroxyl groups excluding tert-OH is 1. The number of carbonyl (C=O) groups excluding carboxylic acids is 2. The van der Waals surface area contributed by atoms with Gasteiger partial charge in [-0.05, 0) is 93.3 Å². The van der Waals surface area contributed by atoms with Crippen LogP contribution in [0.3, 0.4) is 0 Å². The van der Waals surface area contributed by atoms with Gasteiger partial charge in [-0.15, -0.1) is 0 Å². The van der Waals surface area contributed by atoms with E-state index < -0.39 is 12.1 Å². The standard InChI is InChI=1S/C37H42O5.CH4O/c1-24(2)17-30(18-25(3)4)13-15-31-21-34(42-37(31)39)23-40-36(38)27(6)19-33-22-32-20-29(14-16-35(32)41-33)12-11-28-9-7-26(5)8-10-28;1-2/h7-10,14-16,19-20,22,24-25,30,34H,13,17-18,21,23H2,1-6H3;2H,1H3/b27-19+,31-15+;. The highest BCUT2D eigenvalue weighted by molar-refractivity contribution is 5.94. The molecule has 3 aromatic rings.